The van der Waals surface area contributed by atoms with Gasteiger partial charge in [-0.3, -0.25) is 9.59 Å². The second-order valence-electron chi connectivity index (χ2n) is 6.89. The van der Waals surface area contributed by atoms with E-state index in [9.17, 15) is 22.8 Å². The van der Waals surface area contributed by atoms with E-state index in [2.05, 4.69) is 10.5 Å². The molecule has 2 aromatic rings. The Kier molecular flexibility index (Phi) is 6.24. The maximum Gasteiger partial charge on any atom is 0.417 e. The van der Waals surface area contributed by atoms with Crippen LogP contribution in [-0.2, 0) is 15.7 Å². The summed E-state index contributed by atoms with van der Waals surface area (Å²) in [6.07, 6.45) is -2.13. The largest absolute Gasteiger partial charge is 0.466 e. The molecule has 0 saturated heterocycles. The molecule has 9 heteroatoms. The van der Waals surface area contributed by atoms with Crippen molar-refractivity contribution in [3.05, 3.63) is 41.6 Å². The number of nitrogens with zero attached hydrogens (tertiary/aromatic N) is 1. The minimum absolute atomic E-state index is 0.0931. The van der Waals surface area contributed by atoms with Gasteiger partial charge in [0.05, 0.1) is 18.1 Å². The molecule has 0 unspecified atom stereocenters. The lowest BCUT2D eigenvalue weighted by Gasteiger charge is -2.27. The molecule has 156 valence electrons. The van der Waals surface area contributed by atoms with E-state index in [-0.39, 0.29) is 34.9 Å². The van der Waals surface area contributed by atoms with E-state index in [0.29, 0.717) is 32.3 Å². The Bertz CT molecular complexity index is 871. The molecule has 1 aromatic carbocycles. The summed E-state index contributed by atoms with van der Waals surface area (Å²) in [6, 6.07) is 6.00. The highest BCUT2D eigenvalue weighted by Gasteiger charge is 2.34. The van der Waals surface area contributed by atoms with Crippen molar-refractivity contribution >= 4 is 11.9 Å². The van der Waals surface area contributed by atoms with Gasteiger partial charge in [-0.05, 0) is 38.7 Å². The zero-order valence-corrected chi connectivity index (χ0v) is 15.8. The number of benzene rings is 1. The fourth-order valence-electron chi connectivity index (χ4n) is 3.45. The maximum absolute atomic E-state index is 13.2. The maximum atomic E-state index is 13.2. The fourth-order valence-corrected chi connectivity index (χ4v) is 3.45. The molecule has 1 N–H and O–H groups in total. The van der Waals surface area contributed by atoms with Crippen LogP contribution in [0.4, 0.5) is 13.2 Å². The lowest BCUT2D eigenvalue weighted by atomic mass is 9.86. The van der Waals surface area contributed by atoms with Crippen molar-refractivity contribution in [2.24, 2.45) is 5.92 Å². The van der Waals surface area contributed by atoms with Gasteiger partial charge in [-0.15, -0.1) is 0 Å². The van der Waals surface area contributed by atoms with E-state index < -0.39 is 17.6 Å². The van der Waals surface area contributed by atoms with Crippen molar-refractivity contribution in [3.8, 4) is 11.3 Å². The van der Waals surface area contributed by atoms with Crippen LogP contribution in [0.25, 0.3) is 11.3 Å². The third-order valence-electron chi connectivity index (χ3n) is 4.92. The van der Waals surface area contributed by atoms with Crippen molar-refractivity contribution in [3.63, 3.8) is 0 Å². The van der Waals surface area contributed by atoms with Crippen LogP contribution in [0.15, 0.2) is 34.9 Å². The third-order valence-corrected chi connectivity index (χ3v) is 4.92. The SMILES string of the molecule is CCOC(=O)C1CCC(NC(=O)c2cc(-c3ccccc3C(F)(F)F)on2)CC1. The van der Waals surface area contributed by atoms with Gasteiger partial charge in [0, 0.05) is 17.7 Å². The van der Waals surface area contributed by atoms with Crippen molar-refractivity contribution in [1.29, 1.82) is 0 Å². The number of amides is 1. The minimum Gasteiger partial charge on any atom is -0.466 e. The Hall–Kier alpha value is -2.84. The van der Waals surface area contributed by atoms with Crippen LogP contribution >= 0.6 is 0 Å². The lowest BCUT2D eigenvalue weighted by Crippen LogP contribution is -2.39. The normalized spacial score (nSPS) is 19.6. The van der Waals surface area contributed by atoms with E-state index in [4.69, 9.17) is 9.26 Å². The predicted octanol–water partition coefficient (Wildman–Crippen LogP) is 4.21. The second-order valence-corrected chi connectivity index (χ2v) is 6.89. The van der Waals surface area contributed by atoms with E-state index in [1.807, 2.05) is 0 Å². The summed E-state index contributed by atoms with van der Waals surface area (Å²) in [7, 11) is 0. The Labute approximate surface area is 165 Å². The summed E-state index contributed by atoms with van der Waals surface area (Å²) in [5.41, 5.74) is -1.13. The number of carbonyl (C=O) groups excluding carboxylic acids is 2. The molecule has 1 amide bonds. The van der Waals surface area contributed by atoms with Crippen LogP contribution in [0.2, 0.25) is 0 Å². The van der Waals surface area contributed by atoms with Crippen LogP contribution in [0.3, 0.4) is 0 Å². The van der Waals surface area contributed by atoms with Gasteiger partial charge in [0.1, 0.15) is 0 Å². The highest BCUT2D eigenvalue weighted by Crippen LogP contribution is 2.37. The molecule has 0 spiro atoms. The van der Waals surface area contributed by atoms with Crippen molar-refractivity contribution in [2.75, 3.05) is 6.61 Å². The first-order chi connectivity index (χ1) is 13.8. The van der Waals surface area contributed by atoms with E-state index in [1.165, 1.54) is 24.3 Å². The Balaban J connectivity index is 1.64. The topological polar surface area (TPSA) is 81.4 Å². The summed E-state index contributed by atoms with van der Waals surface area (Å²) < 4.78 is 49.5. The molecule has 1 fully saturated rings. The number of hydrogen-bond acceptors (Lipinski definition) is 5. The summed E-state index contributed by atoms with van der Waals surface area (Å²) in [4.78, 5) is 24.2. The summed E-state index contributed by atoms with van der Waals surface area (Å²) in [6.45, 7) is 2.09. The summed E-state index contributed by atoms with van der Waals surface area (Å²) in [5, 5.41) is 6.42. The van der Waals surface area contributed by atoms with Gasteiger partial charge >= 0.3 is 12.1 Å². The van der Waals surface area contributed by atoms with Gasteiger partial charge in [-0.25, -0.2) is 0 Å². The average molecular weight is 410 g/mol. The van der Waals surface area contributed by atoms with E-state index in [1.54, 1.807) is 6.92 Å². The average Bonchev–Trinajstić information content (AvgIpc) is 3.18. The number of rotatable bonds is 5. The van der Waals surface area contributed by atoms with Gasteiger partial charge in [0.2, 0.25) is 0 Å². The van der Waals surface area contributed by atoms with Crippen LogP contribution < -0.4 is 5.32 Å². The highest BCUT2D eigenvalue weighted by molar-refractivity contribution is 5.93. The third kappa shape index (κ3) is 4.96. The molecule has 0 atom stereocenters. The van der Waals surface area contributed by atoms with Gasteiger partial charge in [0.15, 0.2) is 11.5 Å². The molecule has 3 rings (SSSR count). The van der Waals surface area contributed by atoms with Crippen LogP contribution in [0, 0.1) is 5.92 Å². The van der Waals surface area contributed by atoms with Gasteiger partial charge in [-0.2, -0.15) is 13.2 Å². The molecular weight excluding hydrogens is 389 g/mol. The molecule has 6 nitrogen and oxygen atoms in total. The number of carbonyl (C=O) groups is 2. The molecule has 0 radical (unpaired) electrons. The monoisotopic (exact) mass is 410 g/mol. The number of alkyl halides is 3. The number of nitrogens with one attached hydrogen (secondary N) is 1. The zero-order chi connectivity index (χ0) is 21.0. The molecule has 1 aliphatic carbocycles. The molecule has 0 aliphatic heterocycles. The molecule has 1 aliphatic rings. The first-order valence-corrected chi connectivity index (χ1v) is 9.40. The molecular formula is C20H21F3N2O4. The second kappa shape index (κ2) is 8.67. The van der Waals surface area contributed by atoms with Crippen LogP contribution in [0.1, 0.15) is 48.7 Å². The lowest BCUT2D eigenvalue weighted by molar-refractivity contribution is -0.149. The number of halogens is 3. The molecule has 1 aromatic heterocycles. The molecule has 1 heterocycles. The predicted molar refractivity (Wildman–Crippen MR) is 96.8 cm³/mol. The first kappa shape index (κ1) is 20.9. The zero-order valence-electron chi connectivity index (χ0n) is 15.8. The molecule has 29 heavy (non-hydrogen) atoms. The standard InChI is InChI=1S/C20H21F3N2O4/c1-2-28-19(27)12-7-9-13(10-8-12)24-18(26)16-11-17(29-25-16)14-5-3-4-6-15(14)20(21,22)23/h3-6,11-13H,2,7-10H2,1H3,(H,24,26). The summed E-state index contributed by atoms with van der Waals surface area (Å²) in [5.74, 6) is -1.04. The number of ether oxygens (including phenoxy) is 1. The van der Waals surface area contributed by atoms with Gasteiger partial charge in [-0.1, -0.05) is 23.4 Å². The van der Waals surface area contributed by atoms with Crippen molar-refractivity contribution < 1.29 is 32.0 Å². The Morgan fingerprint density at radius 3 is 2.55 bits per heavy atom. The first-order valence-electron chi connectivity index (χ1n) is 9.40. The van der Waals surface area contributed by atoms with E-state index >= 15 is 0 Å². The Morgan fingerprint density at radius 1 is 1.21 bits per heavy atom. The minimum atomic E-state index is -4.55. The molecule has 1 saturated carbocycles. The van der Waals surface area contributed by atoms with E-state index in [0.717, 1.165) is 6.07 Å². The van der Waals surface area contributed by atoms with Gasteiger partial charge in [0.25, 0.3) is 5.91 Å². The highest BCUT2D eigenvalue weighted by atomic mass is 19.4. The van der Waals surface area contributed by atoms with Crippen molar-refractivity contribution in [1.82, 2.24) is 10.5 Å². The van der Waals surface area contributed by atoms with Crippen LogP contribution in [0.5, 0.6) is 0 Å². The smallest absolute Gasteiger partial charge is 0.417 e. The fraction of sp³-hybridized carbons (Fsp3) is 0.450. The van der Waals surface area contributed by atoms with Crippen LogP contribution in [-0.4, -0.2) is 29.7 Å². The number of esters is 1. The van der Waals surface area contributed by atoms with Crippen molar-refractivity contribution in [2.45, 2.75) is 44.8 Å². The Morgan fingerprint density at radius 2 is 1.90 bits per heavy atom. The quantitative estimate of drug-likeness (QED) is 0.747. The summed E-state index contributed by atoms with van der Waals surface area (Å²) >= 11 is 0. The van der Waals surface area contributed by atoms with Gasteiger partial charge < -0.3 is 14.6 Å². The number of hydrogen-bond donors (Lipinski definition) is 1. The number of aromatic nitrogens is 1. The molecule has 0 bridgehead atoms.